The van der Waals surface area contributed by atoms with Crippen molar-refractivity contribution in [2.75, 3.05) is 11.9 Å². The number of unbranched alkanes of at least 4 members (excludes halogenated alkanes) is 1. The zero-order valence-electron chi connectivity index (χ0n) is 15.8. The Bertz CT molecular complexity index is 1090. The van der Waals surface area contributed by atoms with E-state index in [1.807, 2.05) is 38.1 Å². The van der Waals surface area contributed by atoms with Crippen LogP contribution in [0.1, 0.15) is 25.3 Å². The standard InChI is InChI=1S/C20H23N3O3S/c1-4-5-10-22-19(25)18-16(9-11-27-18)23(20(22)26)13-17(24)21(3)15-8-6-7-14(2)12-15/h6-9,11-12H,4-5,10,13H2,1-3H3. The number of hydrogen-bond donors (Lipinski definition) is 0. The van der Waals surface area contributed by atoms with Crippen molar-refractivity contribution >= 4 is 33.1 Å². The summed E-state index contributed by atoms with van der Waals surface area (Å²) in [5.41, 5.74) is 1.65. The predicted octanol–water partition coefficient (Wildman–Crippen LogP) is 3.00. The van der Waals surface area contributed by atoms with Gasteiger partial charge in [0.1, 0.15) is 11.2 Å². The highest BCUT2D eigenvalue weighted by Crippen LogP contribution is 2.17. The highest BCUT2D eigenvalue weighted by molar-refractivity contribution is 7.17. The number of anilines is 1. The molecule has 2 heterocycles. The van der Waals surface area contributed by atoms with Crippen LogP contribution in [-0.4, -0.2) is 22.1 Å². The largest absolute Gasteiger partial charge is 0.332 e. The number of carbonyl (C=O) groups is 1. The normalized spacial score (nSPS) is 11.1. The molecule has 3 aromatic rings. The summed E-state index contributed by atoms with van der Waals surface area (Å²) < 4.78 is 3.18. The number of thiophene rings is 1. The maximum atomic E-state index is 12.9. The minimum absolute atomic E-state index is 0.108. The van der Waals surface area contributed by atoms with E-state index in [0.29, 0.717) is 16.8 Å². The first-order valence-corrected chi connectivity index (χ1v) is 9.86. The zero-order valence-corrected chi connectivity index (χ0v) is 16.6. The van der Waals surface area contributed by atoms with E-state index in [9.17, 15) is 14.4 Å². The number of carbonyl (C=O) groups excluding carboxylic acids is 1. The number of aryl methyl sites for hydroxylation is 1. The minimum atomic E-state index is -0.426. The molecule has 0 spiro atoms. The van der Waals surface area contributed by atoms with E-state index in [1.54, 1.807) is 23.4 Å². The third kappa shape index (κ3) is 3.73. The van der Waals surface area contributed by atoms with Gasteiger partial charge in [-0.15, -0.1) is 11.3 Å². The summed E-state index contributed by atoms with van der Waals surface area (Å²) in [4.78, 5) is 39.9. The Labute approximate surface area is 161 Å². The van der Waals surface area contributed by atoms with Gasteiger partial charge in [0, 0.05) is 19.3 Å². The molecule has 0 fully saturated rings. The molecule has 0 N–H and O–H groups in total. The highest BCUT2D eigenvalue weighted by atomic mass is 32.1. The molecule has 2 aromatic heterocycles. The van der Waals surface area contributed by atoms with Gasteiger partial charge in [0.15, 0.2) is 0 Å². The first-order valence-electron chi connectivity index (χ1n) is 8.98. The Balaban J connectivity index is 2.01. The van der Waals surface area contributed by atoms with E-state index in [2.05, 4.69) is 0 Å². The summed E-state index contributed by atoms with van der Waals surface area (Å²) >= 11 is 1.30. The van der Waals surface area contributed by atoms with Crippen molar-refractivity contribution in [3.05, 3.63) is 62.1 Å². The lowest BCUT2D eigenvalue weighted by molar-refractivity contribution is -0.118. The molecule has 0 saturated carbocycles. The van der Waals surface area contributed by atoms with Crippen LogP contribution in [-0.2, 0) is 17.9 Å². The van der Waals surface area contributed by atoms with Gasteiger partial charge in [-0.2, -0.15) is 0 Å². The fraction of sp³-hybridized carbons (Fsp3) is 0.350. The van der Waals surface area contributed by atoms with Gasteiger partial charge >= 0.3 is 5.69 Å². The van der Waals surface area contributed by atoms with Gasteiger partial charge < -0.3 is 4.90 Å². The minimum Gasteiger partial charge on any atom is -0.314 e. The van der Waals surface area contributed by atoms with E-state index in [-0.39, 0.29) is 18.0 Å². The SMILES string of the molecule is CCCCn1c(=O)c2sccc2n(CC(=O)N(C)c2cccc(C)c2)c1=O. The lowest BCUT2D eigenvalue weighted by Crippen LogP contribution is -2.42. The molecule has 0 atom stereocenters. The first-order chi connectivity index (χ1) is 12.9. The van der Waals surface area contributed by atoms with Gasteiger partial charge in [-0.25, -0.2) is 4.79 Å². The van der Waals surface area contributed by atoms with Crippen LogP contribution in [0.2, 0.25) is 0 Å². The lowest BCUT2D eigenvalue weighted by atomic mass is 10.2. The van der Waals surface area contributed by atoms with Crippen molar-refractivity contribution in [1.82, 2.24) is 9.13 Å². The first kappa shape index (κ1) is 19.1. The van der Waals surface area contributed by atoms with Gasteiger partial charge in [0.05, 0.1) is 5.52 Å². The summed E-state index contributed by atoms with van der Waals surface area (Å²) in [6.07, 6.45) is 1.62. The van der Waals surface area contributed by atoms with Crippen molar-refractivity contribution in [3.63, 3.8) is 0 Å². The van der Waals surface area contributed by atoms with Gasteiger partial charge in [0.25, 0.3) is 5.56 Å². The molecule has 0 aliphatic heterocycles. The second kappa shape index (κ2) is 7.92. The zero-order chi connectivity index (χ0) is 19.6. The van der Waals surface area contributed by atoms with E-state index >= 15 is 0 Å². The summed E-state index contributed by atoms with van der Waals surface area (Å²) in [6.45, 7) is 4.23. The molecule has 1 amide bonds. The topological polar surface area (TPSA) is 64.3 Å². The molecule has 3 rings (SSSR count). The summed E-state index contributed by atoms with van der Waals surface area (Å²) in [5.74, 6) is -0.212. The van der Waals surface area contributed by atoms with Crippen molar-refractivity contribution in [2.45, 2.75) is 39.8 Å². The Hall–Kier alpha value is -2.67. The van der Waals surface area contributed by atoms with Crippen molar-refractivity contribution in [1.29, 1.82) is 0 Å². The molecule has 1 aromatic carbocycles. The summed E-state index contributed by atoms with van der Waals surface area (Å²) in [7, 11) is 1.69. The second-order valence-corrected chi connectivity index (χ2v) is 7.52. The maximum Gasteiger partial charge on any atom is 0.332 e. The average Bonchev–Trinajstić information content (AvgIpc) is 3.14. The van der Waals surface area contributed by atoms with Crippen LogP contribution in [0.15, 0.2) is 45.3 Å². The Morgan fingerprint density at radius 3 is 2.67 bits per heavy atom. The van der Waals surface area contributed by atoms with Crippen LogP contribution in [0, 0.1) is 6.92 Å². The molecule has 142 valence electrons. The van der Waals surface area contributed by atoms with Crippen molar-refractivity contribution < 1.29 is 4.79 Å². The molecule has 0 aliphatic carbocycles. The number of amides is 1. The van der Waals surface area contributed by atoms with Crippen LogP contribution >= 0.6 is 11.3 Å². The van der Waals surface area contributed by atoms with Crippen LogP contribution in [0.5, 0.6) is 0 Å². The fourth-order valence-corrected chi connectivity index (χ4v) is 3.86. The van der Waals surface area contributed by atoms with E-state index in [0.717, 1.165) is 24.1 Å². The van der Waals surface area contributed by atoms with Crippen LogP contribution in [0.25, 0.3) is 10.2 Å². The quantitative estimate of drug-likeness (QED) is 0.655. The third-order valence-corrected chi connectivity index (χ3v) is 5.52. The Morgan fingerprint density at radius 1 is 1.19 bits per heavy atom. The second-order valence-electron chi connectivity index (χ2n) is 6.61. The summed E-state index contributed by atoms with van der Waals surface area (Å²) in [6, 6.07) is 9.36. The Morgan fingerprint density at radius 2 is 1.96 bits per heavy atom. The summed E-state index contributed by atoms with van der Waals surface area (Å²) in [5, 5.41) is 1.78. The van der Waals surface area contributed by atoms with Gasteiger partial charge in [-0.1, -0.05) is 25.5 Å². The maximum absolute atomic E-state index is 12.9. The van der Waals surface area contributed by atoms with E-state index < -0.39 is 5.69 Å². The van der Waals surface area contributed by atoms with E-state index in [1.165, 1.54) is 20.5 Å². The van der Waals surface area contributed by atoms with Crippen LogP contribution < -0.4 is 16.1 Å². The number of nitrogens with zero attached hydrogens (tertiary/aromatic N) is 3. The fourth-order valence-electron chi connectivity index (χ4n) is 3.02. The molecule has 0 saturated heterocycles. The number of benzene rings is 1. The molecule has 6 nitrogen and oxygen atoms in total. The highest BCUT2D eigenvalue weighted by Gasteiger charge is 2.18. The third-order valence-electron chi connectivity index (χ3n) is 4.63. The van der Waals surface area contributed by atoms with Crippen molar-refractivity contribution in [3.8, 4) is 0 Å². The van der Waals surface area contributed by atoms with E-state index in [4.69, 9.17) is 0 Å². The van der Waals surface area contributed by atoms with Crippen molar-refractivity contribution in [2.24, 2.45) is 0 Å². The number of hydrogen-bond acceptors (Lipinski definition) is 4. The molecule has 0 bridgehead atoms. The lowest BCUT2D eigenvalue weighted by Gasteiger charge is -2.19. The molecule has 0 radical (unpaired) electrons. The number of fused-ring (bicyclic) bond motifs is 1. The van der Waals surface area contributed by atoms with Crippen LogP contribution in [0.4, 0.5) is 5.69 Å². The average molecular weight is 385 g/mol. The smallest absolute Gasteiger partial charge is 0.314 e. The Kier molecular flexibility index (Phi) is 5.60. The molecule has 0 unspecified atom stereocenters. The monoisotopic (exact) mass is 385 g/mol. The van der Waals surface area contributed by atoms with Gasteiger partial charge in [0.2, 0.25) is 5.91 Å². The molecular formula is C20H23N3O3S. The predicted molar refractivity (Wildman–Crippen MR) is 110 cm³/mol. The van der Waals surface area contributed by atoms with Gasteiger partial charge in [-0.3, -0.25) is 18.7 Å². The molecular weight excluding hydrogens is 362 g/mol. The number of aromatic nitrogens is 2. The van der Waals surface area contributed by atoms with Gasteiger partial charge in [-0.05, 0) is 42.5 Å². The number of rotatable bonds is 6. The molecule has 0 aliphatic rings. The van der Waals surface area contributed by atoms with Crippen LogP contribution in [0.3, 0.4) is 0 Å². The molecule has 27 heavy (non-hydrogen) atoms. The molecule has 7 heteroatoms. The number of likely N-dealkylation sites (N-methyl/N-ethyl adjacent to an activating group) is 1.